The van der Waals surface area contributed by atoms with Crippen molar-refractivity contribution in [3.05, 3.63) is 12.2 Å². The first-order valence-corrected chi connectivity index (χ1v) is 7.94. The van der Waals surface area contributed by atoms with Crippen LogP contribution in [0.15, 0.2) is 12.2 Å². The normalized spacial score (nSPS) is 31.3. The van der Waals surface area contributed by atoms with Gasteiger partial charge in [-0.2, -0.15) is 13.2 Å². The van der Waals surface area contributed by atoms with Crippen molar-refractivity contribution < 1.29 is 27.8 Å². The number of esters is 1. The van der Waals surface area contributed by atoms with Gasteiger partial charge in [0.2, 0.25) is 0 Å². The molecule has 1 saturated heterocycles. The smallest absolute Gasteiger partial charge is 0.394 e. The Labute approximate surface area is 128 Å². The van der Waals surface area contributed by atoms with Crippen LogP contribution in [0.25, 0.3) is 0 Å². The summed E-state index contributed by atoms with van der Waals surface area (Å²) in [6, 6.07) is 0. The third kappa shape index (κ3) is 3.65. The number of alkyl halides is 3. The van der Waals surface area contributed by atoms with Crippen LogP contribution in [-0.2, 0) is 9.53 Å². The maximum atomic E-state index is 13.0. The van der Waals surface area contributed by atoms with Gasteiger partial charge in [0.05, 0.1) is 18.4 Å². The summed E-state index contributed by atoms with van der Waals surface area (Å²) in [4.78, 5) is 11.4. The molecule has 0 spiro atoms. The lowest BCUT2D eigenvalue weighted by Gasteiger charge is -2.26. The molecule has 1 aliphatic heterocycles. The molecule has 22 heavy (non-hydrogen) atoms. The second-order valence-electron chi connectivity index (χ2n) is 6.36. The Balaban J connectivity index is 2.08. The minimum Gasteiger partial charge on any atom is -0.454 e. The fourth-order valence-corrected chi connectivity index (χ4v) is 3.54. The molecule has 1 heterocycles. The Bertz CT molecular complexity index is 433. The molecule has 126 valence electrons. The van der Waals surface area contributed by atoms with E-state index in [9.17, 15) is 23.1 Å². The van der Waals surface area contributed by atoms with E-state index in [2.05, 4.69) is 0 Å². The summed E-state index contributed by atoms with van der Waals surface area (Å²) in [7, 11) is 0. The summed E-state index contributed by atoms with van der Waals surface area (Å²) < 4.78 is 44.5. The molecule has 4 atom stereocenters. The first kappa shape index (κ1) is 17.3. The molecule has 1 aliphatic carbocycles. The molecule has 6 heteroatoms. The number of rotatable bonds is 6. The molecule has 2 aliphatic rings. The number of hydrogen-bond donors (Lipinski definition) is 1. The van der Waals surface area contributed by atoms with E-state index in [-0.39, 0.29) is 18.3 Å². The molecule has 1 unspecified atom stereocenters. The van der Waals surface area contributed by atoms with Crippen LogP contribution in [0.2, 0.25) is 0 Å². The Morgan fingerprint density at radius 1 is 1.50 bits per heavy atom. The van der Waals surface area contributed by atoms with E-state index in [1.165, 1.54) is 12.2 Å². The average molecular weight is 320 g/mol. The molecule has 1 N–H and O–H groups in total. The van der Waals surface area contributed by atoms with Gasteiger partial charge in [-0.1, -0.05) is 25.8 Å². The molecule has 0 aromatic carbocycles. The van der Waals surface area contributed by atoms with Gasteiger partial charge in [-0.3, -0.25) is 4.79 Å². The van der Waals surface area contributed by atoms with Crippen LogP contribution in [0.4, 0.5) is 13.2 Å². The van der Waals surface area contributed by atoms with Crippen LogP contribution < -0.4 is 0 Å². The Morgan fingerprint density at radius 2 is 2.23 bits per heavy atom. The zero-order valence-corrected chi connectivity index (χ0v) is 12.7. The first-order chi connectivity index (χ1) is 10.3. The summed E-state index contributed by atoms with van der Waals surface area (Å²) >= 11 is 0. The number of aliphatic hydroxyl groups excluding tert-OH is 1. The SMILES string of the molecule is CCCC[C@H](C(O)C=C[C@@]12CCC[C@H]1CC(=O)O2)C(F)(F)F. The Morgan fingerprint density at radius 3 is 2.86 bits per heavy atom. The zero-order valence-electron chi connectivity index (χ0n) is 12.7. The Hall–Kier alpha value is -1.04. The van der Waals surface area contributed by atoms with E-state index in [0.29, 0.717) is 25.7 Å². The van der Waals surface area contributed by atoms with Crippen LogP contribution >= 0.6 is 0 Å². The molecule has 1 saturated carbocycles. The van der Waals surface area contributed by atoms with E-state index >= 15 is 0 Å². The molecule has 0 aromatic rings. The number of hydrogen-bond acceptors (Lipinski definition) is 3. The van der Waals surface area contributed by atoms with Crippen molar-refractivity contribution in [2.45, 2.75) is 69.8 Å². The summed E-state index contributed by atoms with van der Waals surface area (Å²) in [5.41, 5.74) is -0.793. The van der Waals surface area contributed by atoms with Crippen LogP contribution in [0.5, 0.6) is 0 Å². The standard InChI is InChI=1S/C16H23F3O3/c1-2-3-6-12(16(17,18)19)13(20)7-9-15-8-4-5-11(15)10-14(21)22-15/h7,9,11-13,20H,2-6,8,10H2,1H3/t11-,12+,13?,15-/m0/s1. The molecule has 0 amide bonds. The average Bonchev–Trinajstić information content (AvgIpc) is 2.91. The molecule has 0 bridgehead atoms. The van der Waals surface area contributed by atoms with Gasteiger partial charge in [0.25, 0.3) is 0 Å². The van der Waals surface area contributed by atoms with E-state index in [1.54, 1.807) is 0 Å². The highest BCUT2D eigenvalue weighted by molar-refractivity contribution is 5.73. The number of halogens is 3. The molecule has 0 radical (unpaired) electrons. The third-order valence-electron chi connectivity index (χ3n) is 4.80. The highest BCUT2D eigenvalue weighted by atomic mass is 19.4. The lowest BCUT2D eigenvalue weighted by Crippen LogP contribution is -2.34. The quantitative estimate of drug-likeness (QED) is 0.599. The Kier molecular flexibility index (Phi) is 5.20. The van der Waals surface area contributed by atoms with Crippen molar-refractivity contribution in [3.8, 4) is 0 Å². The lowest BCUT2D eigenvalue weighted by molar-refractivity contribution is -0.195. The van der Waals surface area contributed by atoms with Crippen molar-refractivity contribution in [1.29, 1.82) is 0 Å². The zero-order chi connectivity index (χ0) is 16.4. The van der Waals surface area contributed by atoms with Gasteiger partial charge >= 0.3 is 12.1 Å². The van der Waals surface area contributed by atoms with Gasteiger partial charge < -0.3 is 9.84 Å². The summed E-state index contributed by atoms with van der Waals surface area (Å²) in [6.07, 6.45) is 0.292. The van der Waals surface area contributed by atoms with Crippen molar-refractivity contribution in [1.82, 2.24) is 0 Å². The fraction of sp³-hybridized carbons (Fsp3) is 0.812. The third-order valence-corrected chi connectivity index (χ3v) is 4.80. The molecule has 2 fully saturated rings. The van der Waals surface area contributed by atoms with Crippen LogP contribution in [0, 0.1) is 11.8 Å². The topological polar surface area (TPSA) is 46.5 Å². The van der Waals surface area contributed by atoms with Gasteiger partial charge in [0.1, 0.15) is 5.60 Å². The fourth-order valence-electron chi connectivity index (χ4n) is 3.54. The number of carbonyl (C=O) groups excluding carboxylic acids is 1. The van der Waals surface area contributed by atoms with Gasteiger partial charge in [-0.05, 0) is 31.8 Å². The lowest BCUT2D eigenvalue weighted by atomic mass is 9.88. The molecule has 0 aromatic heterocycles. The summed E-state index contributed by atoms with van der Waals surface area (Å²) in [5.74, 6) is -2.04. The number of ether oxygens (including phenoxy) is 1. The highest BCUT2D eigenvalue weighted by Crippen LogP contribution is 2.47. The largest absolute Gasteiger partial charge is 0.454 e. The van der Waals surface area contributed by atoms with Gasteiger partial charge in [-0.15, -0.1) is 0 Å². The van der Waals surface area contributed by atoms with E-state index < -0.39 is 23.8 Å². The monoisotopic (exact) mass is 320 g/mol. The number of fused-ring (bicyclic) bond motifs is 1. The molecular weight excluding hydrogens is 297 g/mol. The minimum atomic E-state index is -4.43. The van der Waals surface area contributed by atoms with Gasteiger partial charge in [-0.25, -0.2) is 0 Å². The predicted octanol–water partition coefficient (Wildman–Crippen LogP) is 3.76. The van der Waals surface area contributed by atoms with Gasteiger partial charge in [0.15, 0.2) is 0 Å². The second kappa shape index (κ2) is 6.60. The molecule has 2 rings (SSSR count). The van der Waals surface area contributed by atoms with Gasteiger partial charge in [0, 0.05) is 5.92 Å². The summed E-state index contributed by atoms with van der Waals surface area (Å²) in [5, 5.41) is 9.97. The first-order valence-electron chi connectivity index (χ1n) is 7.94. The van der Waals surface area contributed by atoms with Crippen LogP contribution in [0.3, 0.4) is 0 Å². The maximum Gasteiger partial charge on any atom is 0.394 e. The van der Waals surface area contributed by atoms with E-state index in [4.69, 9.17) is 4.74 Å². The molecular formula is C16H23F3O3. The van der Waals surface area contributed by atoms with Crippen LogP contribution in [0.1, 0.15) is 51.9 Å². The number of unbranched alkanes of at least 4 members (excludes halogenated alkanes) is 1. The second-order valence-corrected chi connectivity index (χ2v) is 6.36. The van der Waals surface area contributed by atoms with Crippen molar-refractivity contribution >= 4 is 5.97 Å². The maximum absolute atomic E-state index is 13.0. The van der Waals surface area contributed by atoms with Crippen LogP contribution in [-0.4, -0.2) is 29.0 Å². The highest BCUT2D eigenvalue weighted by Gasteiger charge is 2.51. The summed E-state index contributed by atoms with van der Waals surface area (Å²) in [6.45, 7) is 1.82. The van der Waals surface area contributed by atoms with Crippen molar-refractivity contribution in [2.75, 3.05) is 0 Å². The minimum absolute atomic E-state index is 0.0310. The number of carbonyl (C=O) groups is 1. The van der Waals surface area contributed by atoms with Crippen molar-refractivity contribution in [2.24, 2.45) is 11.8 Å². The van der Waals surface area contributed by atoms with E-state index in [0.717, 1.165) is 12.8 Å². The number of aliphatic hydroxyl groups is 1. The van der Waals surface area contributed by atoms with Crippen molar-refractivity contribution in [3.63, 3.8) is 0 Å². The molecule has 3 nitrogen and oxygen atoms in total. The van der Waals surface area contributed by atoms with E-state index in [1.807, 2.05) is 6.92 Å². The predicted molar refractivity (Wildman–Crippen MR) is 75.0 cm³/mol.